The zero-order valence-corrected chi connectivity index (χ0v) is 21.6. The third-order valence-electron chi connectivity index (χ3n) is 5.94. The molecule has 0 aliphatic carbocycles. The van der Waals surface area contributed by atoms with Gasteiger partial charge in [-0.3, -0.25) is 24.1 Å². The molecule has 35 heavy (non-hydrogen) atoms. The third-order valence-corrected chi connectivity index (χ3v) is 6.51. The second-order valence-corrected chi connectivity index (χ2v) is 10.1. The van der Waals surface area contributed by atoms with Crippen LogP contribution in [0.1, 0.15) is 30.6 Å². The van der Waals surface area contributed by atoms with Gasteiger partial charge in [-0.15, -0.1) is 0 Å². The first-order valence-electron chi connectivity index (χ1n) is 11.3. The molecule has 2 aliphatic heterocycles. The molecule has 1 aromatic carbocycles. The summed E-state index contributed by atoms with van der Waals surface area (Å²) < 4.78 is 11.1. The Bertz CT molecular complexity index is 969. The van der Waals surface area contributed by atoms with E-state index in [0.29, 0.717) is 24.5 Å². The van der Waals surface area contributed by atoms with E-state index in [-0.39, 0.29) is 23.0 Å². The normalized spacial score (nSPS) is 22.1. The fraction of sp³-hybridized carbons (Fsp3) is 0.545. The smallest absolute Gasteiger partial charge is 0.497 e. The van der Waals surface area contributed by atoms with E-state index in [9.17, 15) is 19.2 Å². The summed E-state index contributed by atoms with van der Waals surface area (Å²) in [6, 6.07) is 3.17. The maximum absolute atomic E-state index is 12.9. The van der Waals surface area contributed by atoms with Crippen LogP contribution in [0.3, 0.4) is 0 Å². The number of amides is 2. The number of likely N-dealkylation sites (N-methyl/N-ethyl adjacent to an activating group) is 2. The van der Waals surface area contributed by atoms with E-state index in [4.69, 9.17) is 32.5 Å². The molecule has 2 heterocycles. The predicted octanol–water partition coefficient (Wildman–Crippen LogP) is 0.996. The molecule has 2 saturated heterocycles. The molecule has 2 amide bonds. The summed E-state index contributed by atoms with van der Waals surface area (Å²) >= 11 is 12.0. The number of halogens is 2. The molecule has 2 bridgehead atoms. The number of fused-ring (bicyclic) bond motifs is 2. The minimum absolute atomic E-state index is 0.0799. The molecule has 0 aromatic heterocycles. The van der Waals surface area contributed by atoms with Gasteiger partial charge in [-0.2, -0.15) is 0 Å². The minimum atomic E-state index is -1.29. The van der Waals surface area contributed by atoms with Crippen molar-refractivity contribution in [2.24, 2.45) is 5.92 Å². The molecule has 1 unspecified atom stereocenters. The van der Waals surface area contributed by atoms with Crippen LogP contribution in [0.2, 0.25) is 10.0 Å². The van der Waals surface area contributed by atoms with E-state index in [2.05, 4.69) is 10.6 Å². The SMILES string of the molecule is CC(C)CC(NC(=O)CNC(=O)c1cc(Cl)ccc1Cl)B1OC(=O)[C@H]2CN(C)C[C@H](C(=O)O1)N2C. The van der Waals surface area contributed by atoms with Crippen molar-refractivity contribution in [2.75, 3.05) is 33.7 Å². The van der Waals surface area contributed by atoms with Crippen molar-refractivity contribution in [2.45, 2.75) is 38.3 Å². The Hall–Kier alpha value is -2.34. The molecular formula is C22H29BCl2N4O6. The predicted molar refractivity (Wildman–Crippen MR) is 131 cm³/mol. The lowest BCUT2D eigenvalue weighted by Gasteiger charge is -2.43. The average molecular weight is 527 g/mol. The second kappa shape index (κ2) is 11.6. The number of carbonyl (C=O) groups is 4. The Labute approximate surface area is 214 Å². The van der Waals surface area contributed by atoms with Gasteiger partial charge < -0.3 is 24.8 Å². The molecule has 3 atom stereocenters. The van der Waals surface area contributed by atoms with Crippen LogP contribution in [0.5, 0.6) is 0 Å². The Kier molecular flexibility index (Phi) is 9.03. The number of hydrogen-bond acceptors (Lipinski definition) is 8. The number of benzene rings is 1. The Morgan fingerprint density at radius 2 is 1.71 bits per heavy atom. The largest absolute Gasteiger partial charge is 0.622 e. The summed E-state index contributed by atoms with van der Waals surface area (Å²) in [6.45, 7) is 4.29. The van der Waals surface area contributed by atoms with E-state index < -0.39 is 48.9 Å². The summed E-state index contributed by atoms with van der Waals surface area (Å²) in [7, 11) is 2.22. The maximum atomic E-state index is 12.9. The van der Waals surface area contributed by atoms with Crippen LogP contribution >= 0.6 is 23.2 Å². The molecule has 0 radical (unpaired) electrons. The molecule has 10 nitrogen and oxygen atoms in total. The van der Waals surface area contributed by atoms with Crippen molar-refractivity contribution >= 4 is 54.1 Å². The number of nitrogens with one attached hydrogen (secondary N) is 2. The number of carbonyl (C=O) groups excluding carboxylic acids is 4. The first kappa shape index (κ1) is 27.3. The number of hydrogen-bond donors (Lipinski definition) is 2. The van der Waals surface area contributed by atoms with Crippen molar-refractivity contribution in [1.82, 2.24) is 20.4 Å². The summed E-state index contributed by atoms with van der Waals surface area (Å²) in [6.07, 6.45) is 0.371. The molecule has 2 N–H and O–H groups in total. The summed E-state index contributed by atoms with van der Waals surface area (Å²) in [5, 5.41) is 5.75. The standard InChI is InChI=1S/C22H29BCl2N4O6/c1-12(2)7-18(27-19(30)9-26-20(31)14-8-13(24)5-6-15(14)25)23-34-21(32)16-10-28(3)11-17(29(16)4)22(33)35-23/h5-6,8,12,16-18H,7,9-11H2,1-4H3,(H,26,31)(H,27,30)/t16-,17-,18?/m1/s1. The van der Waals surface area contributed by atoms with Crippen LogP contribution in [0.4, 0.5) is 0 Å². The topological polar surface area (TPSA) is 117 Å². The lowest BCUT2D eigenvalue weighted by Crippen LogP contribution is -2.66. The van der Waals surface area contributed by atoms with Gasteiger partial charge in [0, 0.05) is 18.1 Å². The number of piperazine rings is 1. The molecular weight excluding hydrogens is 498 g/mol. The van der Waals surface area contributed by atoms with Gasteiger partial charge >= 0.3 is 19.1 Å². The van der Waals surface area contributed by atoms with Crippen LogP contribution in [0.15, 0.2) is 18.2 Å². The van der Waals surface area contributed by atoms with E-state index in [1.54, 1.807) is 18.0 Å². The zero-order valence-electron chi connectivity index (χ0n) is 20.0. The van der Waals surface area contributed by atoms with Gasteiger partial charge in [-0.1, -0.05) is 37.0 Å². The third kappa shape index (κ3) is 6.87. The van der Waals surface area contributed by atoms with Gasteiger partial charge in [0.15, 0.2) is 0 Å². The van der Waals surface area contributed by atoms with Crippen LogP contribution in [0, 0.1) is 5.92 Å². The van der Waals surface area contributed by atoms with Crippen molar-refractivity contribution in [3.8, 4) is 0 Å². The number of rotatable bonds is 7. The Morgan fingerprint density at radius 3 is 2.29 bits per heavy atom. The first-order valence-corrected chi connectivity index (χ1v) is 12.1. The lowest BCUT2D eigenvalue weighted by atomic mass is 9.73. The van der Waals surface area contributed by atoms with Gasteiger partial charge in [0.05, 0.1) is 23.1 Å². The molecule has 3 rings (SSSR count). The molecule has 190 valence electrons. The fourth-order valence-electron chi connectivity index (χ4n) is 4.13. The highest BCUT2D eigenvalue weighted by atomic mass is 35.5. The van der Waals surface area contributed by atoms with Crippen molar-refractivity contribution < 1.29 is 28.5 Å². The summed E-state index contributed by atoms with van der Waals surface area (Å²) in [4.78, 5) is 54.4. The Morgan fingerprint density at radius 1 is 1.11 bits per heavy atom. The minimum Gasteiger partial charge on any atom is -0.497 e. The highest BCUT2D eigenvalue weighted by molar-refractivity contribution is 6.51. The van der Waals surface area contributed by atoms with E-state index in [1.165, 1.54) is 12.1 Å². The molecule has 2 aliphatic rings. The highest BCUT2D eigenvalue weighted by Gasteiger charge is 2.49. The van der Waals surface area contributed by atoms with Gasteiger partial charge in [0.25, 0.3) is 5.91 Å². The van der Waals surface area contributed by atoms with Crippen LogP contribution in [0.25, 0.3) is 0 Å². The lowest BCUT2D eigenvalue weighted by molar-refractivity contribution is -0.159. The zero-order chi connectivity index (χ0) is 25.9. The first-order chi connectivity index (χ1) is 16.5. The monoisotopic (exact) mass is 526 g/mol. The number of nitrogens with zero attached hydrogens (tertiary/aromatic N) is 2. The summed E-state index contributed by atoms with van der Waals surface area (Å²) in [5.41, 5.74) is 0.134. The van der Waals surface area contributed by atoms with Crippen LogP contribution in [-0.2, 0) is 23.7 Å². The molecule has 0 spiro atoms. The van der Waals surface area contributed by atoms with Gasteiger partial charge in [-0.05, 0) is 44.6 Å². The van der Waals surface area contributed by atoms with Gasteiger partial charge in [0.1, 0.15) is 12.1 Å². The molecule has 2 fully saturated rings. The van der Waals surface area contributed by atoms with E-state index in [1.807, 2.05) is 25.8 Å². The van der Waals surface area contributed by atoms with Crippen LogP contribution in [-0.4, -0.2) is 92.4 Å². The van der Waals surface area contributed by atoms with Crippen molar-refractivity contribution in [1.29, 1.82) is 0 Å². The van der Waals surface area contributed by atoms with Gasteiger partial charge in [-0.25, -0.2) is 0 Å². The van der Waals surface area contributed by atoms with E-state index in [0.717, 1.165) is 0 Å². The van der Waals surface area contributed by atoms with E-state index >= 15 is 0 Å². The highest BCUT2D eigenvalue weighted by Crippen LogP contribution is 2.22. The van der Waals surface area contributed by atoms with Crippen LogP contribution < -0.4 is 10.6 Å². The second-order valence-electron chi connectivity index (χ2n) is 9.27. The summed E-state index contributed by atoms with van der Waals surface area (Å²) in [5.74, 6) is -2.91. The quantitative estimate of drug-likeness (QED) is 0.505. The Balaban J connectivity index is 1.69. The van der Waals surface area contributed by atoms with Crippen molar-refractivity contribution in [3.63, 3.8) is 0 Å². The van der Waals surface area contributed by atoms with Gasteiger partial charge in [0.2, 0.25) is 5.91 Å². The maximum Gasteiger partial charge on any atom is 0.622 e. The molecule has 0 saturated carbocycles. The van der Waals surface area contributed by atoms with Crippen molar-refractivity contribution in [3.05, 3.63) is 33.8 Å². The molecule has 13 heteroatoms. The fourth-order valence-corrected chi connectivity index (χ4v) is 4.50. The average Bonchev–Trinajstić information content (AvgIpc) is 2.78. The molecule has 1 aromatic rings.